The summed E-state index contributed by atoms with van der Waals surface area (Å²) < 4.78 is 41.1. The standard InChI is InChI=1S/C37H55FN6O7S/c1-11-18-39-32(47)29(45)27(21-12-13-21)41-31(46)28-26-24(37(26,8)9)19-44(28)33(48)30(36(5,6)7)42-34(49)40-25(35(2,3)4)20-43(10)52(50,51)23-16-14-22(38)15-17-23/h11,14-17,21,24-28,30H,1,12-13,18-20H2,2-10H3,(H,39,47)(H,41,46)(H2,40,42,49)/t24-,25+,26-,27?,28-,30+/m0/s1. The minimum Gasteiger partial charge on any atom is -0.346 e. The first-order valence-corrected chi connectivity index (χ1v) is 19.2. The van der Waals surface area contributed by atoms with Gasteiger partial charge in [0.25, 0.3) is 5.91 Å². The molecule has 1 saturated heterocycles. The number of likely N-dealkylation sites (tertiary alicyclic amines) is 1. The van der Waals surface area contributed by atoms with Crippen LogP contribution in [-0.4, -0.2) is 98.0 Å². The molecule has 15 heteroatoms. The summed E-state index contributed by atoms with van der Waals surface area (Å²) in [5, 5.41) is 11.0. The third-order valence-electron chi connectivity index (χ3n) is 10.8. The molecule has 1 aromatic rings. The topological polar surface area (TPSA) is 174 Å². The van der Waals surface area contributed by atoms with Crippen molar-refractivity contribution in [3.63, 3.8) is 0 Å². The first kappa shape index (κ1) is 40.9. The number of benzene rings is 1. The molecule has 0 bridgehead atoms. The molecule has 0 radical (unpaired) electrons. The minimum atomic E-state index is -4.02. The highest BCUT2D eigenvalue weighted by Crippen LogP contribution is 2.65. The van der Waals surface area contributed by atoms with Crippen LogP contribution < -0.4 is 21.3 Å². The number of nitrogens with zero attached hydrogens (tertiary/aromatic N) is 2. The van der Waals surface area contributed by atoms with Gasteiger partial charge in [-0.1, -0.05) is 61.5 Å². The average molecular weight is 747 g/mol. The van der Waals surface area contributed by atoms with Crippen LogP contribution >= 0.6 is 0 Å². The summed E-state index contributed by atoms with van der Waals surface area (Å²) >= 11 is 0. The maximum atomic E-state index is 14.4. The molecule has 4 N–H and O–H groups in total. The predicted molar refractivity (Wildman–Crippen MR) is 193 cm³/mol. The van der Waals surface area contributed by atoms with Gasteiger partial charge in [0.2, 0.25) is 27.6 Å². The Morgan fingerprint density at radius 3 is 2.12 bits per heavy atom. The molecule has 0 aromatic heterocycles. The number of ketones is 1. The van der Waals surface area contributed by atoms with E-state index >= 15 is 0 Å². The van der Waals surface area contributed by atoms with E-state index in [1.165, 1.54) is 30.2 Å². The number of Topliss-reactive ketones (excluding diaryl/α,β-unsaturated/α-hetero) is 1. The van der Waals surface area contributed by atoms with Crippen molar-refractivity contribution in [1.82, 2.24) is 30.5 Å². The van der Waals surface area contributed by atoms with Gasteiger partial charge in [-0.3, -0.25) is 19.2 Å². The molecule has 13 nitrogen and oxygen atoms in total. The van der Waals surface area contributed by atoms with Gasteiger partial charge in [-0.25, -0.2) is 17.6 Å². The van der Waals surface area contributed by atoms with Crippen LogP contribution in [0.25, 0.3) is 0 Å². The molecule has 288 valence electrons. The van der Waals surface area contributed by atoms with Crippen LogP contribution in [-0.2, 0) is 29.2 Å². The van der Waals surface area contributed by atoms with Gasteiger partial charge in [-0.15, -0.1) is 6.58 Å². The number of nitrogens with one attached hydrogen (secondary N) is 4. The van der Waals surface area contributed by atoms with Crippen LogP contribution in [0.4, 0.5) is 9.18 Å². The zero-order chi connectivity index (χ0) is 39.1. The van der Waals surface area contributed by atoms with E-state index < -0.39 is 80.4 Å². The molecule has 52 heavy (non-hydrogen) atoms. The summed E-state index contributed by atoms with van der Waals surface area (Å²) in [6.07, 6.45) is 2.82. The number of halogens is 1. The van der Waals surface area contributed by atoms with Crippen LogP contribution in [0.5, 0.6) is 0 Å². The summed E-state index contributed by atoms with van der Waals surface area (Å²) in [7, 11) is -2.64. The van der Waals surface area contributed by atoms with E-state index in [0.29, 0.717) is 12.8 Å². The maximum Gasteiger partial charge on any atom is 0.315 e. The average Bonchev–Trinajstić information content (AvgIpc) is 3.92. The first-order valence-electron chi connectivity index (χ1n) is 17.8. The monoisotopic (exact) mass is 746 g/mol. The van der Waals surface area contributed by atoms with Crippen molar-refractivity contribution in [2.75, 3.05) is 26.7 Å². The summed E-state index contributed by atoms with van der Waals surface area (Å²) in [5.41, 5.74) is -1.68. The molecule has 2 saturated carbocycles. The number of likely N-dealkylation sites (N-methyl/N-ethyl adjacent to an activating group) is 1. The van der Waals surface area contributed by atoms with Crippen molar-refractivity contribution in [3.8, 4) is 0 Å². The van der Waals surface area contributed by atoms with E-state index in [1.54, 1.807) is 20.8 Å². The number of hydrogen-bond donors (Lipinski definition) is 4. The van der Waals surface area contributed by atoms with E-state index in [0.717, 1.165) is 16.4 Å². The lowest BCUT2D eigenvalue weighted by molar-refractivity contribution is -0.145. The Morgan fingerprint density at radius 2 is 1.60 bits per heavy atom. The zero-order valence-corrected chi connectivity index (χ0v) is 32.5. The van der Waals surface area contributed by atoms with Gasteiger partial charge in [-0.2, -0.15) is 4.31 Å². The molecule has 4 rings (SSSR count). The molecule has 3 fully saturated rings. The van der Waals surface area contributed by atoms with Gasteiger partial charge in [0.15, 0.2) is 0 Å². The molecule has 1 unspecified atom stereocenters. The summed E-state index contributed by atoms with van der Waals surface area (Å²) in [6, 6.07) is 0.0344. The van der Waals surface area contributed by atoms with E-state index in [9.17, 15) is 36.8 Å². The van der Waals surface area contributed by atoms with Crippen molar-refractivity contribution >= 4 is 39.6 Å². The third kappa shape index (κ3) is 8.84. The SMILES string of the molecule is C=CCNC(=O)C(=O)C(NC(=O)[C@@H]1[C@@H]2[C@H](CN1C(=O)[C@@H](NC(=O)N[C@H](CN(C)S(=O)(=O)c1ccc(F)cc1)C(C)(C)C)C(C)(C)C)C2(C)C)C1CC1. The Morgan fingerprint density at radius 1 is 1.00 bits per heavy atom. The molecule has 6 atom stereocenters. The second-order valence-electron chi connectivity index (χ2n) is 17.2. The fourth-order valence-corrected chi connectivity index (χ4v) is 8.28. The van der Waals surface area contributed by atoms with Crippen LogP contribution in [0.2, 0.25) is 0 Å². The van der Waals surface area contributed by atoms with Crippen molar-refractivity contribution in [2.24, 2.45) is 34.0 Å². The molecule has 5 amide bonds. The highest BCUT2D eigenvalue weighted by molar-refractivity contribution is 7.89. The molecular weight excluding hydrogens is 692 g/mol. The quantitative estimate of drug-likeness (QED) is 0.167. The molecule has 1 aromatic carbocycles. The number of hydrogen-bond acceptors (Lipinski definition) is 7. The zero-order valence-electron chi connectivity index (χ0n) is 31.7. The summed E-state index contributed by atoms with van der Waals surface area (Å²) in [6.45, 7) is 18.8. The molecule has 1 aliphatic heterocycles. The Hall–Kier alpha value is -3.85. The number of carbonyl (C=O) groups is 5. The van der Waals surface area contributed by atoms with E-state index in [2.05, 4.69) is 27.8 Å². The number of carbonyl (C=O) groups excluding carboxylic acids is 5. The Bertz CT molecular complexity index is 1680. The van der Waals surface area contributed by atoms with E-state index in [-0.39, 0.29) is 47.7 Å². The van der Waals surface area contributed by atoms with Gasteiger partial charge in [0.05, 0.1) is 4.90 Å². The molecule has 3 aliphatic rings. The van der Waals surface area contributed by atoms with Gasteiger partial charge < -0.3 is 26.2 Å². The fourth-order valence-electron chi connectivity index (χ4n) is 7.10. The van der Waals surface area contributed by atoms with E-state index in [1.807, 2.05) is 34.6 Å². The van der Waals surface area contributed by atoms with Gasteiger partial charge >= 0.3 is 6.03 Å². The lowest BCUT2D eigenvalue weighted by Crippen LogP contribution is -2.63. The lowest BCUT2D eigenvalue weighted by Gasteiger charge is -2.39. The molecule has 2 aliphatic carbocycles. The van der Waals surface area contributed by atoms with Crippen molar-refractivity contribution in [2.45, 2.75) is 97.3 Å². The fraction of sp³-hybridized carbons (Fsp3) is 0.649. The minimum absolute atomic E-state index is 0.0245. The first-order chi connectivity index (χ1) is 23.9. The highest BCUT2D eigenvalue weighted by atomic mass is 32.2. The van der Waals surface area contributed by atoms with Crippen molar-refractivity contribution < 1.29 is 36.8 Å². The second kappa shape index (κ2) is 14.9. The summed E-state index contributed by atoms with van der Waals surface area (Å²) in [4.78, 5) is 69.2. The molecule has 0 spiro atoms. The maximum absolute atomic E-state index is 14.4. The number of urea groups is 1. The van der Waals surface area contributed by atoms with Crippen molar-refractivity contribution in [3.05, 3.63) is 42.7 Å². The van der Waals surface area contributed by atoms with Crippen LogP contribution in [0.3, 0.4) is 0 Å². The normalized spacial score (nSPS) is 22.8. The summed E-state index contributed by atoms with van der Waals surface area (Å²) in [5.74, 6) is -3.43. The number of sulfonamides is 1. The third-order valence-corrected chi connectivity index (χ3v) is 12.6. The largest absolute Gasteiger partial charge is 0.346 e. The van der Waals surface area contributed by atoms with Crippen LogP contribution in [0.1, 0.15) is 68.2 Å². The van der Waals surface area contributed by atoms with Crippen LogP contribution in [0, 0.1) is 39.8 Å². The highest BCUT2D eigenvalue weighted by Gasteiger charge is 2.70. The lowest BCUT2D eigenvalue weighted by atomic mass is 9.85. The molecular formula is C37H55FN6O7S. The second-order valence-corrected chi connectivity index (χ2v) is 19.2. The molecule has 1 heterocycles. The smallest absolute Gasteiger partial charge is 0.315 e. The number of rotatable bonds is 14. The number of amides is 5. The Balaban J connectivity index is 1.52. The van der Waals surface area contributed by atoms with Crippen LogP contribution in [0.15, 0.2) is 41.8 Å². The van der Waals surface area contributed by atoms with Gasteiger partial charge in [0.1, 0.15) is 23.9 Å². The predicted octanol–water partition coefficient (Wildman–Crippen LogP) is 2.82. The number of piperidine rings is 1. The van der Waals surface area contributed by atoms with Crippen molar-refractivity contribution in [1.29, 1.82) is 0 Å². The van der Waals surface area contributed by atoms with Gasteiger partial charge in [0, 0.05) is 32.7 Å². The number of fused-ring (bicyclic) bond motifs is 1. The Labute approximate surface area is 306 Å². The van der Waals surface area contributed by atoms with E-state index in [4.69, 9.17) is 0 Å². The van der Waals surface area contributed by atoms with Gasteiger partial charge in [-0.05, 0) is 71.1 Å². The Kier molecular flexibility index (Phi) is 11.7.